The van der Waals surface area contributed by atoms with Crippen LogP contribution in [0.3, 0.4) is 0 Å². The summed E-state index contributed by atoms with van der Waals surface area (Å²) in [5.41, 5.74) is 8.16. The second-order valence-corrected chi connectivity index (χ2v) is 4.46. The second-order valence-electron chi connectivity index (χ2n) is 4.02. The van der Waals surface area contributed by atoms with Gasteiger partial charge in [-0.1, -0.05) is 17.7 Å². The van der Waals surface area contributed by atoms with Crippen LogP contribution in [0.4, 0.5) is 0 Å². The molecule has 0 bridgehead atoms. The van der Waals surface area contributed by atoms with Crippen LogP contribution in [0.15, 0.2) is 24.4 Å². The number of rotatable bonds is 3. The van der Waals surface area contributed by atoms with Gasteiger partial charge in [0, 0.05) is 28.2 Å². The largest absolute Gasteiger partial charge is 0.361 e. The molecule has 1 atom stereocenters. The number of fused-ring (bicyclic) bond motifs is 1. The van der Waals surface area contributed by atoms with Gasteiger partial charge in [-0.25, -0.2) is 0 Å². The molecular weight excluding hydrogens is 208 g/mol. The maximum atomic E-state index is 5.92. The van der Waals surface area contributed by atoms with Gasteiger partial charge in [0.1, 0.15) is 0 Å². The molecule has 0 radical (unpaired) electrons. The Hall–Kier alpha value is -0.990. The Morgan fingerprint density at radius 1 is 1.47 bits per heavy atom. The minimum absolute atomic E-state index is 0.252. The number of aromatic amines is 1. The predicted octanol–water partition coefficient (Wildman–Crippen LogP) is 3.10. The van der Waals surface area contributed by atoms with Crippen LogP contribution in [-0.4, -0.2) is 11.0 Å². The topological polar surface area (TPSA) is 41.8 Å². The van der Waals surface area contributed by atoms with E-state index in [4.69, 9.17) is 17.3 Å². The molecule has 0 amide bonds. The fourth-order valence-corrected chi connectivity index (χ4v) is 1.92. The highest BCUT2D eigenvalue weighted by Gasteiger charge is 2.04. The number of H-pyrrole nitrogens is 1. The van der Waals surface area contributed by atoms with E-state index in [1.165, 1.54) is 10.9 Å². The van der Waals surface area contributed by atoms with E-state index < -0.39 is 0 Å². The van der Waals surface area contributed by atoms with Crippen LogP contribution >= 0.6 is 11.6 Å². The minimum Gasteiger partial charge on any atom is -0.361 e. The molecule has 0 saturated heterocycles. The quantitative estimate of drug-likeness (QED) is 0.824. The normalized spacial score (nSPS) is 13.3. The SMILES string of the molecule is C[C@H](N)CCc1c[nH]c2cc(Cl)ccc12. The van der Waals surface area contributed by atoms with Gasteiger partial charge in [0.05, 0.1) is 0 Å². The molecule has 80 valence electrons. The zero-order valence-corrected chi connectivity index (χ0v) is 9.51. The van der Waals surface area contributed by atoms with Gasteiger partial charge in [-0.3, -0.25) is 0 Å². The standard InChI is InChI=1S/C12H15ClN2/c1-8(14)2-3-9-7-15-12-6-10(13)4-5-11(9)12/h4-8,15H,2-3,14H2,1H3/t8-/m0/s1. The summed E-state index contributed by atoms with van der Waals surface area (Å²) in [5.74, 6) is 0. The number of nitrogens with two attached hydrogens (primary N) is 1. The summed E-state index contributed by atoms with van der Waals surface area (Å²) in [6, 6.07) is 6.19. The Bertz CT molecular complexity index is 460. The maximum absolute atomic E-state index is 5.92. The van der Waals surface area contributed by atoms with Crippen LogP contribution in [0, 0.1) is 0 Å². The van der Waals surface area contributed by atoms with Gasteiger partial charge in [0.15, 0.2) is 0 Å². The smallest absolute Gasteiger partial charge is 0.0471 e. The Kier molecular flexibility index (Phi) is 2.98. The number of nitrogens with one attached hydrogen (secondary N) is 1. The van der Waals surface area contributed by atoms with Crippen LogP contribution in [0.5, 0.6) is 0 Å². The number of aryl methyl sites for hydroxylation is 1. The van der Waals surface area contributed by atoms with Crippen molar-refractivity contribution in [2.45, 2.75) is 25.8 Å². The van der Waals surface area contributed by atoms with E-state index in [0.717, 1.165) is 23.4 Å². The van der Waals surface area contributed by atoms with Crippen LogP contribution in [0.25, 0.3) is 10.9 Å². The molecule has 0 aliphatic rings. The fraction of sp³-hybridized carbons (Fsp3) is 0.333. The Labute approximate surface area is 94.4 Å². The summed E-state index contributed by atoms with van der Waals surface area (Å²) in [4.78, 5) is 3.23. The van der Waals surface area contributed by atoms with Crippen molar-refractivity contribution >= 4 is 22.5 Å². The Morgan fingerprint density at radius 2 is 2.27 bits per heavy atom. The van der Waals surface area contributed by atoms with E-state index in [2.05, 4.69) is 11.1 Å². The van der Waals surface area contributed by atoms with Crippen molar-refractivity contribution < 1.29 is 0 Å². The van der Waals surface area contributed by atoms with Crippen LogP contribution < -0.4 is 5.73 Å². The summed E-state index contributed by atoms with van der Waals surface area (Å²) < 4.78 is 0. The van der Waals surface area contributed by atoms with Crippen molar-refractivity contribution in [3.63, 3.8) is 0 Å². The summed E-state index contributed by atoms with van der Waals surface area (Å²) >= 11 is 5.92. The van der Waals surface area contributed by atoms with Crippen molar-refractivity contribution in [1.82, 2.24) is 4.98 Å². The molecule has 2 nitrogen and oxygen atoms in total. The molecule has 2 rings (SSSR count). The summed E-state index contributed by atoms with van der Waals surface area (Å²) in [5, 5.41) is 2.02. The van der Waals surface area contributed by atoms with Crippen molar-refractivity contribution in [2.75, 3.05) is 0 Å². The monoisotopic (exact) mass is 222 g/mol. The summed E-state index contributed by atoms with van der Waals surface area (Å²) in [7, 11) is 0. The average Bonchev–Trinajstić information content (AvgIpc) is 2.57. The van der Waals surface area contributed by atoms with E-state index in [0.29, 0.717) is 0 Å². The van der Waals surface area contributed by atoms with Crippen molar-refractivity contribution in [2.24, 2.45) is 5.73 Å². The van der Waals surface area contributed by atoms with Crippen molar-refractivity contribution in [1.29, 1.82) is 0 Å². The lowest BCUT2D eigenvalue weighted by atomic mass is 10.1. The third kappa shape index (κ3) is 2.33. The highest BCUT2D eigenvalue weighted by molar-refractivity contribution is 6.31. The van der Waals surface area contributed by atoms with Crippen molar-refractivity contribution in [3.8, 4) is 0 Å². The average molecular weight is 223 g/mol. The Morgan fingerprint density at radius 3 is 3.00 bits per heavy atom. The molecule has 15 heavy (non-hydrogen) atoms. The van der Waals surface area contributed by atoms with Gasteiger partial charge in [-0.15, -0.1) is 0 Å². The Balaban J connectivity index is 2.29. The molecule has 3 heteroatoms. The number of halogens is 1. The van der Waals surface area contributed by atoms with Crippen LogP contribution in [-0.2, 0) is 6.42 Å². The molecule has 0 spiro atoms. The maximum Gasteiger partial charge on any atom is 0.0471 e. The van der Waals surface area contributed by atoms with Gasteiger partial charge in [0.2, 0.25) is 0 Å². The van der Waals surface area contributed by atoms with Crippen molar-refractivity contribution in [3.05, 3.63) is 35.0 Å². The van der Waals surface area contributed by atoms with Crippen LogP contribution in [0.1, 0.15) is 18.9 Å². The molecule has 0 aliphatic heterocycles. The molecule has 0 saturated carbocycles. The number of benzene rings is 1. The van der Waals surface area contributed by atoms with E-state index in [1.54, 1.807) is 0 Å². The summed E-state index contributed by atoms with van der Waals surface area (Å²) in [6.45, 7) is 2.03. The van der Waals surface area contributed by atoms with Gasteiger partial charge >= 0.3 is 0 Å². The molecule has 3 N–H and O–H groups in total. The molecule has 1 aromatic carbocycles. The van der Waals surface area contributed by atoms with E-state index in [1.807, 2.05) is 25.3 Å². The van der Waals surface area contributed by atoms with E-state index in [9.17, 15) is 0 Å². The molecular formula is C12H15ClN2. The number of hydrogen-bond donors (Lipinski definition) is 2. The lowest BCUT2D eigenvalue weighted by molar-refractivity contribution is 0.668. The zero-order valence-electron chi connectivity index (χ0n) is 8.76. The lowest BCUT2D eigenvalue weighted by Gasteiger charge is -2.03. The number of hydrogen-bond acceptors (Lipinski definition) is 1. The third-order valence-corrected chi connectivity index (χ3v) is 2.83. The second kappa shape index (κ2) is 4.25. The lowest BCUT2D eigenvalue weighted by Crippen LogP contribution is -2.15. The summed E-state index contributed by atoms with van der Waals surface area (Å²) in [6.07, 6.45) is 4.07. The molecule has 1 aromatic heterocycles. The first-order valence-corrected chi connectivity index (χ1v) is 5.55. The van der Waals surface area contributed by atoms with E-state index in [-0.39, 0.29) is 6.04 Å². The highest BCUT2D eigenvalue weighted by Crippen LogP contribution is 2.23. The first kappa shape index (κ1) is 10.5. The van der Waals surface area contributed by atoms with Crippen LogP contribution in [0.2, 0.25) is 5.02 Å². The fourth-order valence-electron chi connectivity index (χ4n) is 1.75. The highest BCUT2D eigenvalue weighted by atomic mass is 35.5. The number of aromatic nitrogens is 1. The predicted molar refractivity (Wildman–Crippen MR) is 65.3 cm³/mol. The third-order valence-electron chi connectivity index (χ3n) is 2.60. The molecule has 0 aliphatic carbocycles. The first-order chi connectivity index (χ1) is 7.16. The van der Waals surface area contributed by atoms with E-state index >= 15 is 0 Å². The van der Waals surface area contributed by atoms with Gasteiger partial charge < -0.3 is 10.7 Å². The first-order valence-electron chi connectivity index (χ1n) is 5.18. The van der Waals surface area contributed by atoms with Gasteiger partial charge in [0.25, 0.3) is 0 Å². The molecule has 2 aromatic rings. The minimum atomic E-state index is 0.252. The van der Waals surface area contributed by atoms with Gasteiger partial charge in [-0.05, 0) is 37.5 Å². The zero-order chi connectivity index (χ0) is 10.8. The molecule has 1 heterocycles. The van der Waals surface area contributed by atoms with Gasteiger partial charge in [-0.2, -0.15) is 0 Å². The molecule has 0 fully saturated rings. The molecule has 0 unspecified atom stereocenters.